The van der Waals surface area contributed by atoms with Gasteiger partial charge in [0.25, 0.3) is 0 Å². The number of hydrogen-bond donors (Lipinski definition) is 1. The zero-order valence-electron chi connectivity index (χ0n) is 8.42. The molecule has 4 nitrogen and oxygen atoms in total. The van der Waals surface area contributed by atoms with Crippen LogP contribution in [0, 0.1) is 5.92 Å². The van der Waals surface area contributed by atoms with Gasteiger partial charge in [0.15, 0.2) is 0 Å². The summed E-state index contributed by atoms with van der Waals surface area (Å²) in [4.78, 5) is 10.8. The molecule has 0 aliphatic carbocycles. The molecule has 2 rings (SSSR count). The van der Waals surface area contributed by atoms with Crippen molar-refractivity contribution in [1.82, 2.24) is 9.61 Å². The molecule has 2 aromatic rings. The Morgan fingerprint density at radius 3 is 3.13 bits per heavy atom. The van der Waals surface area contributed by atoms with Gasteiger partial charge in [0.05, 0.1) is 11.4 Å². The van der Waals surface area contributed by atoms with Crippen LogP contribution in [-0.2, 0) is 11.2 Å². The minimum atomic E-state index is -0.767. The second kappa shape index (κ2) is 3.73. The van der Waals surface area contributed by atoms with E-state index in [1.165, 1.54) is 0 Å². The Morgan fingerprint density at radius 1 is 1.60 bits per heavy atom. The molecule has 4 heteroatoms. The molecule has 1 atom stereocenters. The lowest BCUT2D eigenvalue weighted by Crippen LogP contribution is -2.12. The van der Waals surface area contributed by atoms with Crippen LogP contribution >= 0.6 is 0 Å². The molecule has 78 valence electrons. The predicted octanol–water partition coefficient (Wildman–Crippen LogP) is 1.60. The summed E-state index contributed by atoms with van der Waals surface area (Å²) in [5.74, 6) is -1.14. The molecule has 0 radical (unpaired) electrons. The van der Waals surface area contributed by atoms with Gasteiger partial charge < -0.3 is 5.11 Å². The quantitative estimate of drug-likeness (QED) is 0.826. The van der Waals surface area contributed by atoms with Crippen LogP contribution in [0.2, 0.25) is 0 Å². The van der Waals surface area contributed by atoms with Gasteiger partial charge in [0, 0.05) is 12.4 Å². The minimum absolute atomic E-state index is 0.369. The Hall–Kier alpha value is -1.84. The predicted molar refractivity (Wildman–Crippen MR) is 55.7 cm³/mol. The molecule has 1 unspecified atom stereocenters. The van der Waals surface area contributed by atoms with E-state index in [-0.39, 0.29) is 5.92 Å². The summed E-state index contributed by atoms with van der Waals surface area (Å²) in [6.07, 6.45) is 4.10. The standard InChI is InChI=1S/C11H12N2O2/c1-8(11(14)15)7-9-3-2-6-13-10(9)4-5-12-13/h2-6,8H,7H2,1H3,(H,14,15). The van der Waals surface area contributed by atoms with E-state index in [0.717, 1.165) is 11.1 Å². The maximum absolute atomic E-state index is 10.8. The summed E-state index contributed by atoms with van der Waals surface area (Å²) in [6, 6.07) is 5.71. The highest BCUT2D eigenvalue weighted by Crippen LogP contribution is 2.14. The van der Waals surface area contributed by atoms with E-state index in [0.29, 0.717) is 6.42 Å². The third kappa shape index (κ3) is 1.83. The van der Waals surface area contributed by atoms with Crippen molar-refractivity contribution in [3.8, 4) is 0 Å². The Bertz CT molecular complexity index is 490. The molecule has 0 aromatic carbocycles. The topological polar surface area (TPSA) is 54.6 Å². The van der Waals surface area contributed by atoms with Crippen molar-refractivity contribution >= 4 is 11.5 Å². The zero-order chi connectivity index (χ0) is 10.8. The van der Waals surface area contributed by atoms with Crippen molar-refractivity contribution in [3.05, 3.63) is 36.2 Å². The van der Waals surface area contributed by atoms with Gasteiger partial charge in [-0.3, -0.25) is 4.79 Å². The largest absolute Gasteiger partial charge is 0.481 e. The van der Waals surface area contributed by atoms with Gasteiger partial charge >= 0.3 is 5.97 Å². The average Bonchev–Trinajstić information content (AvgIpc) is 2.66. The molecule has 0 saturated heterocycles. The van der Waals surface area contributed by atoms with Crippen LogP contribution in [0.4, 0.5) is 0 Å². The first-order chi connectivity index (χ1) is 7.18. The molecule has 0 spiro atoms. The van der Waals surface area contributed by atoms with E-state index in [2.05, 4.69) is 5.10 Å². The van der Waals surface area contributed by atoms with Gasteiger partial charge in [0.1, 0.15) is 0 Å². The molecule has 0 bridgehead atoms. The molecule has 0 aliphatic heterocycles. The highest BCUT2D eigenvalue weighted by Gasteiger charge is 2.13. The van der Waals surface area contributed by atoms with Crippen molar-refractivity contribution in [3.63, 3.8) is 0 Å². The maximum Gasteiger partial charge on any atom is 0.306 e. The second-order valence-electron chi connectivity index (χ2n) is 3.64. The molecule has 0 fully saturated rings. The normalized spacial score (nSPS) is 12.9. The molecule has 1 N–H and O–H groups in total. The fraction of sp³-hybridized carbons (Fsp3) is 0.273. The number of carbonyl (C=O) groups is 1. The zero-order valence-corrected chi connectivity index (χ0v) is 8.42. The summed E-state index contributed by atoms with van der Waals surface area (Å²) in [6.45, 7) is 1.71. The van der Waals surface area contributed by atoms with E-state index < -0.39 is 5.97 Å². The first-order valence-electron chi connectivity index (χ1n) is 4.82. The van der Waals surface area contributed by atoms with Crippen molar-refractivity contribution in [2.45, 2.75) is 13.3 Å². The van der Waals surface area contributed by atoms with Crippen LogP contribution in [0.1, 0.15) is 12.5 Å². The van der Waals surface area contributed by atoms with Crippen molar-refractivity contribution in [2.24, 2.45) is 5.92 Å². The number of nitrogens with zero attached hydrogens (tertiary/aromatic N) is 2. The third-order valence-corrected chi connectivity index (χ3v) is 2.47. The van der Waals surface area contributed by atoms with Crippen molar-refractivity contribution < 1.29 is 9.90 Å². The highest BCUT2D eigenvalue weighted by molar-refractivity contribution is 5.70. The van der Waals surface area contributed by atoms with Gasteiger partial charge in [-0.15, -0.1) is 0 Å². The Labute approximate surface area is 87.2 Å². The molecule has 2 heterocycles. The van der Waals surface area contributed by atoms with Gasteiger partial charge in [0.2, 0.25) is 0 Å². The first-order valence-corrected chi connectivity index (χ1v) is 4.82. The van der Waals surface area contributed by atoms with Crippen LogP contribution in [0.5, 0.6) is 0 Å². The number of rotatable bonds is 3. The number of pyridine rings is 1. The lowest BCUT2D eigenvalue weighted by atomic mass is 10.0. The van der Waals surface area contributed by atoms with Gasteiger partial charge in [-0.25, -0.2) is 4.52 Å². The van der Waals surface area contributed by atoms with Crippen LogP contribution in [0.15, 0.2) is 30.6 Å². The summed E-state index contributed by atoms with van der Waals surface area (Å²) >= 11 is 0. The fourth-order valence-corrected chi connectivity index (χ4v) is 1.60. The minimum Gasteiger partial charge on any atom is -0.481 e. The number of carboxylic acids is 1. The van der Waals surface area contributed by atoms with E-state index in [1.54, 1.807) is 17.6 Å². The molecule has 0 aliphatic rings. The second-order valence-corrected chi connectivity index (χ2v) is 3.64. The van der Waals surface area contributed by atoms with Gasteiger partial charge in [-0.05, 0) is 24.1 Å². The van der Waals surface area contributed by atoms with Crippen LogP contribution < -0.4 is 0 Å². The number of hydrogen-bond acceptors (Lipinski definition) is 2. The number of aliphatic carboxylic acids is 1. The average molecular weight is 204 g/mol. The van der Waals surface area contributed by atoms with Crippen molar-refractivity contribution in [2.75, 3.05) is 0 Å². The summed E-state index contributed by atoms with van der Waals surface area (Å²) in [5.41, 5.74) is 2.00. The van der Waals surface area contributed by atoms with Gasteiger partial charge in [-0.2, -0.15) is 5.10 Å². The van der Waals surface area contributed by atoms with E-state index in [1.807, 2.05) is 24.4 Å². The SMILES string of the molecule is CC(Cc1cccn2nccc12)C(=O)O. The summed E-state index contributed by atoms with van der Waals surface area (Å²) < 4.78 is 1.75. The Morgan fingerprint density at radius 2 is 2.40 bits per heavy atom. The van der Waals surface area contributed by atoms with Crippen LogP contribution in [0.25, 0.3) is 5.52 Å². The van der Waals surface area contributed by atoms with Crippen LogP contribution in [0.3, 0.4) is 0 Å². The molecular weight excluding hydrogens is 192 g/mol. The van der Waals surface area contributed by atoms with E-state index in [4.69, 9.17) is 5.11 Å². The fourth-order valence-electron chi connectivity index (χ4n) is 1.60. The van der Waals surface area contributed by atoms with Crippen molar-refractivity contribution in [1.29, 1.82) is 0 Å². The Kier molecular flexibility index (Phi) is 2.41. The monoisotopic (exact) mass is 204 g/mol. The first kappa shape index (κ1) is 9.71. The summed E-state index contributed by atoms with van der Waals surface area (Å²) in [5, 5.41) is 12.9. The Balaban J connectivity index is 2.35. The number of fused-ring (bicyclic) bond motifs is 1. The van der Waals surface area contributed by atoms with Crippen LogP contribution in [-0.4, -0.2) is 20.7 Å². The smallest absolute Gasteiger partial charge is 0.306 e. The lowest BCUT2D eigenvalue weighted by Gasteiger charge is -2.07. The third-order valence-electron chi connectivity index (χ3n) is 2.47. The lowest BCUT2D eigenvalue weighted by molar-refractivity contribution is -0.141. The maximum atomic E-state index is 10.8. The number of carboxylic acid groups (broad SMARTS) is 1. The van der Waals surface area contributed by atoms with Gasteiger partial charge in [-0.1, -0.05) is 13.0 Å². The molecule has 0 saturated carbocycles. The summed E-state index contributed by atoms with van der Waals surface area (Å²) in [7, 11) is 0. The molecule has 2 aromatic heterocycles. The van der Waals surface area contributed by atoms with E-state index in [9.17, 15) is 4.79 Å². The molecule has 15 heavy (non-hydrogen) atoms. The number of aromatic nitrogens is 2. The molecule has 0 amide bonds. The highest BCUT2D eigenvalue weighted by atomic mass is 16.4. The van der Waals surface area contributed by atoms with E-state index >= 15 is 0 Å². The molecular formula is C11H12N2O2.